The zero-order valence-corrected chi connectivity index (χ0v) is 18.5. The molecule has 4 N–H and O–H groups in total. The van der Waals surface area contributed by atoms with E-state index in [0.29, 0.717) is 11.3 Å². The van der Waals surface area contributed by atoms with Crippen molar-refractivity contribution in [1.82, 2.24) is 4.57 Å². The molecular formula is C26H20F4N4O. The fourth-order valence-electron chi connectivity index (χ4n) is 3.78. The third-order valence-electron chi connectivity index (χ3n) is 5.37. The summed E-state index contributed by atoms with van der Waals surface area (Å²) in [6.07, 6.45) is -2.91. The molecule has 9 heteroatoms. The first-order valence-electron chi connectivity index (χ1n) is 10.5. The highest BCUT2D eigenvalue weighted by atomic mass is 19.4. The van der Waals surface area contributed by atoms with Crippen LogP contribution in [0.25, 0.3) is 16.8 Å². The lowest BCUT2D eigenvalue weighted by atomic mass is 9.98. The topological polar surface area (TPSA) is 83.9 Å². The van der Waals surface area contributed by atoms with Crippen molar-refractivity contribution in [2.24, 2.45) is 5.73 Å². The number of carbonyl (C=O) groups excluding carboxylic acids is 1. The number of anilines is 1. The highest BCUT2D eigenvalue weighted by Gasteiger charge is 2.33. The SMILES string of the molecule is Cc1cc(C(=O)Nc2ccc(-c3ccccc3C(F)(F)F)c(F)c2)n(-c2cccc(C(=N)N)c2)c1. The Morgan fingerprint density at radius 3 is 2.40 bits per heavy atom. The van der Waals surface area contributed by atoms with Gasteiger partial charge in [-0.25, -0.2) is 4.39 Å². The number of rotatable bonds is 5. The van der Waals surface area contributed by atoms with Crippen LogP contribution in [0.3, 0.4) is 0 Å². The second-order valence-corrected chi connectivity index (χ2v) is 7.93. The van der Waals surface area contributed by atoms with Crippen molar-refractivity contribution in [3.8, 4) is 16.8 Å². The van der Waals surface area contributed by atoms with Crippen molar-refractivity contribution in [3.63, 3.8) is 0 Å². The number of alkyl halides is 3. The third-order valence-corrected chi connectivity index (χ3v) is 5.37. The molecule has 0 aliphatic carbocycles. The van der Waals surface area contributed by atoms with E-state index in [1.165, 1.54) is 30.3 Å². The van der Waals surface area contributed by atoms with E-state index < -0.39 is 23.5 Å². The number of aromatic nitrogens is 1. The number of halogens is 4. The van der Waals surface area contributed by atoms with Crippen molar-refractivity contribution in [1.29, 1.82) is 5.41 Å². The largest absolute Gasteiger partial charge is 0.417 e. The van der Waals surface area contributed by atoms with E-state index in [-0.39, 0.29) is 28.3 Å². The summed E-state index contributed by atoms with van der Waals surface area (Å²) in [4.78, 5) is 13.0. The van der Waals surface area contributed by atoms with Gasteiger partial charge in [0.25, 0.3) is 5.91 Å². The van der Waals surface area contributed by atoms with E-state index in [4.69, 9.17) is 11.1 Å². The number of hydrogen-bond acceptors (Lipinski definition) is 2. The Balaban J connectivity index is 1.64. The van der Waals surface area contributed by atoms with Crippen LogP contribution in [0.5, 0.6) is 0 Å². The minimum absolute atomic E-state index is 0.0867. The first-order chi connectivity index (χ1) is 16.5. The third kappa shape index (κ3) is 4.93. The molecule has 0 aliphatic heterocycles. The summed E-state index contributed by atoms with van der Waals surface area (Å²) in [6, 6.07) is 16.7. The number of nitrogens with two attached hydrogens (primary N) is 1. The van der Waals surface area contributed by atoms with Crippen molar-refractivity contribution in [3.05, 3.63) is 107 Å². The summed E-state index contributed by atoms with van der Waals surface area (Å²) >= 11 is 0. The summed E-state index contributed by atoms with van der Waals surface area (Å²) in [5, 5.41) is 10.2. The molecule has 35 heavy (non-hydrogen) atoms. The molecule has 4 aromatic rings. The van der Waals surface area contributed by atoms with Crippen LogP contribution in [0.4, 0.5) is 23.2 Å². The van der Waals surface area contributed by atoms with Gasteiger partial charge in [-0.3, -0.25) is 10.2 Å². The smallest absolute Gasteiger partial charge is 0.384 e. The number of benzene rings is 3. The van der Waals surface area contributed by atoms with Gasteiger partial charge in [-0.05, 0) is 60.5 Å². The molecule has 1 amide bonds. The predicted octanol–water partition coefficient (Wildman–Crippen LogP) is 6.15. The molecule has 0 fully saturated rings. The van der Waals surface area contributed by atoms with Gasteiger partial charge in [-0.1, -0.05) is 30.3 Å². The van der Waals surface area contributed by atoms with Gasteiger partial charge in [0.05, 0.1) is 5.56 Å². The maximum atomic E-state index is 14.9. The van der Waals surface area contributed by atoms with Crippen LogP contribution in [-0.4, -0.2) is 16.3 Å². The number of carbonyl (C=O) groups is 1. The molecule has 0 aliphatic rings. The van der Waals surface area contributed by atoms with Crippen LogP contribution in [0.2, 0.25) is 0 Å². The first-order valence-corrected chi connectivity index (χ1v) is 10.5. The highest BCUT2D eigenvalue weighted by Crippen LogP contribution is 2.38. The maximum Gasteiger partial charge on any atom is 0.417 e. The molecule has 0 bridgehead atoms. The lowest BCUT2D eigenvalue weighted by Crippen LogP contribution is -2.17. The fourth-order valence-corrected chi connectivity index (χ4v) is 3.78. The van der Waals surface area contributed by atoms with Crippen LogP contribution in [0.15, 0.2) is 79.0 Å². The van der Waals surface area contributed by atoms with Crippen LogP contribution in [0, 0.1) is 18.2 Å². The van der Waals surface area contributed by atoms with E-state index in [2.05, 4.69) is 5.32 Å². The Morgan fingerprint density at radius 1 is 0.971 bits per heavy atom. The number of nitrogens with one attached hydrogen (secondary N) is 2. The van der Waals surface area contributed by atoms with Crippen molar-refractivity contribution in [2.75, 3.05) is 5.32 Å². The van der Waals surface area contributed by atoms with E-state index in [1.807, 2.05) is 0 Å². The van der Waals surface area contributed by atoms with Crippen molar-refractivity contribution < 1.29 is 22.4 Å². The fraction of sp³-hybridized carbons (Fsp3) is 0.0769. The highest BCUT2D eigenvalue weighted by molar-refractivity contribution is 6.04. The lowest BCUT2D eigenvalue weighted by molar-refractivity contribution is -0.137. The molecule has 1 heterocycles. The van der Waals surface area contributed by atoms with Crippen molar-refractivity contribution >= 4 is 17.4 Å². The minimum Gasteiger partial charge on any atom is -0.384 e. The Bertz CT molecular complexity index is 1440. The normalized spacial score (nSPS) is 11.3. The number of amides is 1. The summed E-state index contributed by atoms with van der Waals surface area (Å²) in [5.74, 6) is -1.57. The zero-order valence-electron chi connectivity index (χ0n) is 18.5. The number of nitrogen functional groups attached to an aromatic ring is 1. The predicted molar refractivity (Wildman–Crippen MR) is 126 cm³/mol. The molecule has 1 aromatic heterocycles. The molecule has 5 nitrogen and oxygen atoms in total. The molecule has 3 aromatic carbocycles. The van der Waals surface area contributed by atoms with Gasteiger partial charge in [0, 0.05) is 28.7 Å². The van der Waals surface area contributed by atoms with Crippen LogP contribution >= 0.6 is 0 Å². The van der Waals surface area contributed by atoms with Crippen molar-refractivity contribution in [2.45, 2.75) is 13.1 Å². The van der Waals surface area contributed by atoms with E-state index in [1.54, 1.807) is 48.0 Å². The molecule has 4 rings (SSSR count). The van der Waals surface area contributed by atoms with Gasteiger partial charge in [0.15, 0.2) is 0 Å². The van der Waals surface area contributed by atoms with Crippen LogP contribution in [0.1, 0.15) is 27.2 Å². The molecule has 0 radical (unpaired) electrons. The van der Waals surface area contributed by atoms with Crippen LogP contribution < -0.4 is 11.1 Å². The molecule has 0 saturated carbocycles. The zero-order chi connectivity index (χ0) is 25.3. The standard InChI is InChI=1S/C26H20F4N4O/c1-15-11-23(34(14-15)18-6-4-5-16(12-18)24(31)32)25(35)33-17-9-10-20(22(27)13-17)19-7-2-3-8-21(19)26(28,29)30/h2-14H,1H3,(H3,31,32)(H,33,35). The quantitative estimate of drug-likeness (QED) is 0.182. The molecule has 178 valence electrons. The monoisotopic (exact) mass is 480 g/mol. The minimum atomic E-state index is -4.64. The maximum absolute atomic E-state index is 14.9. The van der Waals surface area contributed by atoms with Gasteiger partial charge in [-0.2, -0.15) is 13.2 Å². The Kier molecular flexibility index (Phi) is 6.17. The van der Waals surface area contributed by atoms with Gasteiger partial charge < -0.3 is 15.6 Å². The average molecular weight is 480 g/mol. The van der Waals surface area contributed by atoms with Gasteiger partial charge in [0.1, 0.15) is 17.3 Å². The van der Waals surface area contributed by atoms with Crippen LogP contribution in [-0.2, 0) is 6.18 Å². The molecule has 0 unspecified atom stereocenters. The van der Waals surface area contributed by atoms with Gasteiger partial charge in [0.2, 0.25) is 0 Å². The number of hydrogen-bond donors (Lipinski definition) is 3. The van der Waals surface area contributed by atoms with Gasteiger partial charge in [-0.15, -0.1) is 0 Å². The molecule has 0 spiro atoms. The summed E-state index contributed by atoms with van der Waals surface area (Å²) in [5.41, 5.74) is 6.30. The van der Waals surface area contributed by atoms with E-state index >= 15 is 0 Å². The van der Waals surface area contributed by atoms with Gasteiger partial charge >= 0.3 is 6.18 Å². The summed E-state index contributed by atoms with van der Waals surface area (Å²) < 4.78 is 56.5. The number of nitrogens with zero attached hydrogens (tertiary/aromatic N) is 1. The number of aryl methyl sites for hydroxylation is 1. The summed E-state index contributed by atoms with van der Waals surface area (Å²) in [7, 11) is 0. The number of amidine groups is 1. The Morgan fingerprint density at radius 2 is 1.71 bits per heavy atom. The average Bonchev–Trinajstić information content (AvgIpc) is 3.20. The lowest BCUT2D eigenvalue weighted by Gasteiger charge is -2.14. The molecule has 0 saturated heterocycles. The second kappa shape index (κ2) is 9.09. The molecular weight excluding hydrogens is 460 g/mol. The van der Waals surface area contributed by atoms with E-state index in [9.17, 15) is 22.4 Å². The first kappa shape index (κ1) is 23.7. The Labute approximate surface area is 198 Å². The second-order valence-electron chi connectivity index (χ2n) is 7.93. The Hall–Kier alpha value is -4.40. The molecule has 0 atom stereocenters. The van der Waals surface area contributed by atoms with E-state index in [0.717, 1.165) is 17.7 Å². The summed E-state index contributed by atoms with van der Waals surface area (Å²) in [6.45, 7) is 1.80.